The molecule has 0 bridgehead atoms. The fourth-order valence-electron chi connectivity index (χ4n) is 2.26. The van der Waals surface area contributed by atoms with Gasteiger partial charge in [0.2, 0.25) is 10.0 Å². The lowest BCUT2D eigenvalue weighted by molar-refractivity contribution is 0.0354. The SMILES string of the molecule is CNc1cc(S(=O)(=O)NC(C)CN2CCOCC2)ccn1. The first-order chi connectivity index (χ1) is 10.0. The molecule has 2 heterocycles. The Morgan fingerprint density at radius 3 is 2.81 bits per heavy atom. The molecule has 0 amide bonds. The van der Waals surface area contributed by atoms with Gasteiger partial charge >= 0.3 is 0 Å². The second kappa shape index (κ2) is 7.17. The summed E-state index contributed by atoms with van der Waals surface area (Å²) in [4.78, 5) is 6.43. The minimum absolute atomic E-state index is 0.167. The average molecular weight is 314 g/mol. The quantitative estimate of drug-likeness (QED) is 0.776. The van der Waals surface area contributed by atoms with Crippen molar-refractivity contribution in [3.05, 3.63) is 18.3 Å². The largest absolute Gasteiger partial charge is 0.379 e. The zero-order chi connectivity index (χ0) is 15.3. The molecule has 1 aliphatic heterocycles. The highest BCUT2D eigenvalue weighted by Gasteiger charge is 2.20. The molecule has 0 spiro atoms. The third kappa shape index (κ3) is 4.63. The number of rotatable bonds is 6. The number of ether oxygens (including phenoxy) is 1. The van der Waals surface area contributed by atoms with Crippen LogP contribution in [0.3, 0.4) is 0 Å². The van der Waals surface area contributed by atoms with Crippen LogP contribution in [0.4, 0.5) is 5.82 Å². The van der Waals surface area contributed by atoms with Crippen LogP contribution in [0.15, 0.2) is 23.2 Å². The Kier molecular flexibility index (Phi) is 5.51. The third-order valence-corrected chi connectivity index (χ3v) is 4.88. The Morgan fingerprint density at radius 2 is 2.14 bits per heavy atom. The fraction of sp³-hybridized carbons (Fsp3) is 0.615. The highest BCUT2D eigenvalue weighted by atomic mass is 32.2. The lowest BCUT2D eigenvalue weighted by Gasteiger charge is -2.29. The standard InChI is InChI=1S/C13H22N4O3S/c1-11(10-17-5-7-20-8-6-17)16-21(18,19)12-3-4-15-13(9-12)14-2/h3-4,9,11,16H,5-8,10H2,1-2H3,(H,14,15). The number of anilines is 1. The van der Waals surface area contributed by atoms with Crippen LogP contribution in [0.25, 0.3) is 0 Å². The van der Waals surface area contributed by atoms with Crippen molar-refractivity contribution in [2.45, 2.75) is 17.9 Å². The average Bonchev–Trinajstić information content (AvgIpc) is 2.47. The summed E-state index contributed by atoms with van der Waals surface area (Å²) in [5.74, 6) is 0.527. The van der Waals surface area contributed by atoms with Gasteiger partial charge in [0, 0.05) is 45.0 Å². The zero-order valence-corrected chi connectivity index (χ0v) is 13.2. The topological polar surface area (TPSA) is 83.6 Å². The molecule has 0 radical (unpaired) electrons. The monoisotopic (exact) mass is 314 g/mol. The predicted octanol–water partition coefficient (Wildman–Crippen LogP) is 0.122. The van der Waals surface area contributed by atoms with Gasteiger partial charge in [0.1, 0.15) is 5.82 Å². The number of pyridine rings is 1. The molecule has 1 fully saturated rings. The van der Waals surface area contributed by atoms with Crippen LogP contribution in [0, 0.1) is 0 Å². The Bertz CT molecular complexity index is 558. The van der Waals surface area contributed by atoms with E-state index in [0.29, 0.717) is 25.6 Å². The number of nitrogens with zero attached hydrogens (tertiary/aromatic N) is 2. The van der Waals surface area contributed by atoms with Crippen LogP contribution in [0.2, 0.25) is 0 Å². The van der Waals surface area contributed by atoms with Crippen LogP contribution >= 0.6 is 0 Å². The maximum atomic E-state index is 12.3. The lowest BCUT2D eigenvalue weighted by atomic mass is 10.3. The minimum Gasteiger partial charge on any atom is -0.379 e. The molecule has 1 aliphatic rings. The molecular formula is C13H22N4O3S. The molecule has 1 unspecified atom stereocenters. The van der Waals surface area contributed by atoms with Crippen LogP contribution < -0.4 is 10.0 Å². The first-order valence-corrected chi connectivity index (χ1v) is 8.46. The summed E-state index contributed by atoms with van der Waals surface area (Å²) in [5, 5.41) is 2.83. The van der Waals surface area contributed by atoms with Gasteiger partial charge in [-0.2, -0.15) is 0 Å². The normalized spacial score (nSPS) is 18.4. The maximum Gasteiger partial charge on any atom is 0.241 e. The summed E-state index contributed by atoms with van der Waals surface area (Å²) in [6, 6.07) is 2.84. The summed E-state index contributed by atoms with van der Waals surface area (Å²) < 4.78 is 32.7. The van der Waals surface area contributed by atoms with Crippen LogP contribution in [-0.4, -0.2) is 64.2 Å². The van der Waals surface area contributed by atoms with Gasteiger partial charge in [0.15, 0.2) is 0 Å². The van der Waals surface area contributed by atoms with Gasteiger partial charge in [-0.05, 0) is 13.0 Å². The first kappa shape index (κ1) is 16.2. The second-order valence-electron chi connectivity index (χ2n) is 5.06. The summed E-state index contributed by atoms with van der Waals surface area (Å²) >= 11 is 0. The van der Waals surface area contributed by atoms with Gasteiger partial charge < -0.3 is 10.1 Å². The fourth-order valence-corrected chi connectivity index (χ4v) is 3.50. The Balaban J connectivity index is 1.98. The van der Waals surface area contributed by atoms with Gasteiger partial charge in [-0.25, -0.2) is 18.1 Å². The molecule has 7 nitrogen and oxygen atoms in total. The molecule has 118 valence electrons. The van der Waals surface area contributed by atoms with E-state index in [1.807, 2.05) is 6.92 Å². The number of sulfonamides is 1. The van der Waals surface area contributed by atoms with Crippen LogP contribution in [0.5, 0.6) is 0 Å². The maximum absolute atomic E-state index is 12.3. The minimum atomic E-state index is -3.53. The van der Waals surface area contributed by atoms with Crippen molar-refractivity contribution in [1.82, 2.24) is 14.6 Å². The molecule has 2 rings (SSSR count). The number of morpholine rings is 1. The highest BCUT2D eigenvalue weighted by molar-refractivity contribution is 7.89. The Morgan fingerprint density at radius 1 is 1.43 bits per heavy atom. The molecule has 21 heavy (non-hydrogen) atoms. The van der Waals surface area contributed by atoms with E-state index in [2.05, 4.69) is 19.9 Å². The van der Waals surface area contributed by atoms with Crippen molar-refractivity contribution in [2.75, 3.05) is 45.2 Å². The summed E-state index contributed by atoms with van der Waals surface area (Å²) in [7, 11) is -1.83. The number of hydrogen-bond donors (Lipinski definition) is 2. The van der Waals surface area contributed by atoms with Gasteiger partial charge in [-0.1, -0.05) is 0 Å². The van der Waals surface area contributed by atoms with E-state index in [9.17, 15) is 8.42 Å². The highest BCUT2D eigenvalue weighted by Crippen LogP contribution is 2.13. The molecule has 1 saturated heterocycles. The van der Waals surface area contributed by atoms with E-state index in [1.54, 1.807) is 7.05 Å². The number of aromatic nitrogens is 1. The predicted molar refractivity (Wildman–Crippen MR) is 80.8 cm³/mol. The summed E-state index contributed by atoms with van der Waals surface area (Å²) in [5.41, 5.74) is 0. The molecule has 0 saturated carbocycles. The van der Waals surface area contributed by atoms with Crippen molar-refractivity contribution < 1.29 is 13.2 Å². The van der Waals surface area contributed by atoms with Crippen molar-refractivity contribution in [3.8, 4) is 0 Å². The van der Waals surface area contributed by atoms with E-state index in [0.717, 1.165) is 13.1 Å². The lowest BCUT2D eigenvalue weighted by Crippen LogP contribution is -2.45. The van der Waals surface area contributed by atoms with Crippen molar-refractivity contribution >= 4 is 15.8 Å². The smallest absolute Gasteiger partial charge is 0.241 e. The molecule has 1 aromatic rings. The van der Waals surface area contributed by atoms with E-state index in [1.165, 1.54) is 18.3 Å². The molecule has 1 aromatic heterocycles. The summed E-state index contributed by atoms with van der Waals surface area (Å²) in [6.07, 6.45) is 1.48. The first-order valence-electron chi connectivity index (χ1n) is 6.97. The van der Waals surface area contributed by atoms with Crippen LogP contribution in [0.1, 0.15) is 6.92 Å². The molecular weight excluding hydrogens is 292 g/mol. The third-order valence-electron chi connectivity index (χ3n) is 3.29. The molecule has 0 aliphatic carbocycles. The van der Waals surface area contributed by atoms with Gasteiger partial charge in [-0.15, -0.1) is 0 Å². The second-order valence-corrected chi connectivity index (χ2v) is 6.78. The van der Waals surface area contributed by atoms with E-state index in [-0.39, 0.29) is 10.9 Å². The Labute approximate surface area is 125 Å². The van der Waals surface area contributed by atoms with Crippen LogP contribution in [-0.2, 0) is 14.8 Å². The van der Waals surface area contributed by atoms with E-state index >= 15 is 0 Å². The Hall–Kier alpha value is -1.22. The van der Waals surface area contributed by atoms with Gasteiger partial charge in [-0.3, -0.25) is 4.90 Å². The molecule has 8 heteroatoms. The number of hydrogen-bond acceptors (Lipinski definition) is 6. The van der Waals surface area contributed by atoms with Crippen molar-refractivity contribution in [1.29, 1.82) is 0 Å². The van der Waals surface area contributed by atoms with Gasteiger partial charge in [0.25, 0.3) is 0 Å². The molecule has 2 N–H and O–H groups in total. The molecule has 1 atom stereocenters. The zero-order valence-electron chi connectivity index (χ0n) is 12.4. The number of nitrogens with one attached hydrogen (secondary N) is 2. The van der Waals surface area contributed by atoms with Crippen molar-refractivity contribution in [2.24, 2.45) is 0 Å². The van der Waals surface area contributed by atoms with E-state index in [4.69, 9.17) is 4.74 Å². The molecule has 0 aromatic carbocycles. The van der Waals surface area contributed by atoms with E-state index < -0.39 is 10.0 Å². The van der Waals surface area contributed by atoms with Gasteiger partial charge in [0.05, 0.1) is 18.1 Å². The summed E-state index contributed by atoms with van der Waals surface area (Å²) in [6.45, 7) is 5.63. The van der Waals surface area contributed by atoms with Crippen molar-refractivity contribution in [3.63, 3.8) is 0 Å².